The lowest BCUT2D eigenvalue weighted by molar-refractivity contribution is -0.137. The van der Waals surface area contributed by atoms with E-state index in [0.29, 0.717) is 5.52 Å². The second-order valence-electron chi connectivity index (χ2n) is 9.89. The Morgan fingerprint density at radius 1 is 1.24 bits per heavy atom. The van der Waals surface area contributed by atoms with Crippen molar-refractivity contribution in [1.82, 2.24) is 14.5 Å². The first kappa shape index (κ1) is 29.1. The summed E-state index contributed by atoms with van der Waals surface area (Å²) in [4.78, 5) is 33.8. The molecule has 3 aromatic rings. The number of rotatable bonds is 7. The van der Waals surface area contributed by atoms with Crippen molar-refractivity contribution in [2.45, 2.75) is 30.1 Å². The van der Waals surface area contributed by atoms with E-state index in [1.54, 1.807) is 9.80 Å². The molecule has 0 spiro atoms. The number of carbonyl (C=O) groups excluding carboxylic acids is 1. The highest BCUT2D eigenvalue weighted by Gasteiger charge is 2.40. The maximum atomic E-state index is 14.7. The van der Waals surface area contributed by atoms with Gasteiger partial charge in [-0.05, 0) is 36.8 Å². The fourth-order valence-electron chi connectivity index (χ4n) is 5.43. The smallest absolute Gasteiger partial charge is 0.359 e. The van der Waals surface area contributed by atoms with Crippen molar-refractivity contribution in [3.63, 3.8) is 0 Å². The predicted molar refractivity (Wildman–Crippen MR) is 148 cm³/mol. The molecule has 5 rings (SSSR count). The van der Waals surface area contributed by atoms with E-state index >= 15 is 0 Å². The van der Waals surface area contributed by atoms with Crippen LogP contribution in [0, 0.1) is 5.82 Å². The molecule has 2 aliphatic heterocycles. The molecule has 0 bridgehead atoms. The number of halogens is 4. The molecule has 0 saturated carbocycles. The maximum absolute atomic E-state index is 14.7. The minimum Gasteiger partial charge on any atom is -0.359 e. The molecule has 2 aromatic carbocycles. The third kappa shape index (κ3) is 5.45. The van der Waals surface area contributed by atoms with Crippen LogP contribution >= 0.6 is 11.8 Å². The van der Waals surface area contributed by atoms with Gasteiger partial charge in [0.05, 0.1) is 23.7 Å². The molecule has 0 unspecified atom stereocenters. The lowest BCUT2D eigenvalue weighted by atomic mass is 9.95. The summed E-state index contributed by atoms with van der Waals surface area (Å²) in [5.74, 6) is -0.455. The number of hydrogen-bond acceptors (Lipinski definition) is 7. The highest BCUT2D eigenvalue weighted by atomic mass is 32.2. The Morgan fingerprint density at radius 3 is 2.61 bits per heavy atom. The molecule has 13 heteroatoms. The third-order valence-corrected chi connectivity index (χ3v) is 8.50. The third-order valence-electron chi connectivity index (χ3n) is 7.27. The van der Waals surface area contributed by atoms with Crippen molar-refractivity contribution >= 4 is 34.4 Å². The number of hydrogen-bond donors (Lipinski definition) is 0. The van der Waals surface area contributed by atoms with E-state index in [9.17, 15) is 27.2 Å². The Labute approximate surface area is 237 Å². The second-order valence-corrected chi connectivity index (χ2v) is 10.9. The van der Waals surface area contributed by atoms with Gasteiger partial charge in [0.15, 0.2) is 0 Å². The molecule has 2 atom stereocenters. The molecule has 0 N–H and O–H groups in total. The number of methoxy groups -OCH3 is 1. The van der Waals surface area contributed by atoms with Crippen molar-refractivity contribution in [3.8, 4) is 11.1 Å². The molecule has 41 heavy (non-hydrogen) atoms. The number of anilines is 1. The second kappa shape index (κ2) is 11.5. The molecule has 3 heterocycles. The Bertz CT molecular complexity index is 1540. The summed E-state index contributed by atoms with van der Waals surface area (Å²) in [6.45, 7) is 6.24. The van der Waals surface area contributed by atoms with Gasteiger partial charge in [-0.1, -0.05) is 18.7 Å². The molecule has 0 radical (unpaired) electrons. The van der Waals surface area contributed by atoms with Gasteiger partial charge in [0.2, 0.25) is 5.91 Å². The Morgan fingerprint density at radius 2 is 1.98 bits per heavy atom. The van der Waals surface area contributed by atoms with Gasteiger partial charge < -0.3 is 19.3 Å². The molecule has 1 saturated heterocycles. The molecule has 1 aromatic heterocycles. The van der Waals surface area contributed by atoms with Crippen molar-refractivity contribution in [3.05, 3.63) is 64.9 Å². The van der Waals surface area contributed by atoms with Gasteiger partial charge in [0.1, 0.15) is 18.4 Å². The van der Waals surface area contributed by atoms with Crippen LogP contribution in [0.3, 0.4) is 0 Å². The number of nitrogens with zero attached hydrogens (tertiary/aromatic N) is 4. The fraction of sp³-hybridized carbons (Fsp3) is 0.393. The summed E-state index contributed by atoms with van der Waals surface area (Å²) in [6.07, 6.45) is -3.54. The summed E-state index contributed by atoms with van der Waals surface area (Å²) in [6, 6.07) is 5.00. The normalized spacial score (nSPS) is 19.1. The number of piperazine rings is 1. The number of ether oxygens (including phenoxy) is 2. The largest absolute Gasteiger partial charge is 0.417 e. The SMILES string of the molecule is C=CC(=O)N1CCN(c2nc(=O)n3c4c(c(-c5ccc(F)cc5)c(C(F)(F)F)cc24)SC[C@@H]3COCOC)[C@@H](C)C1. The lowest BCUT2D eigenvalue weighted by Gasteiger charge is -2.41. The summed E-state index contributed by atoms with van der Waals surface area (Å²) in [7, 11) is 1.46. The summed E-state index contributed by atoms with van der Waals surface area (Å²) in [5.41, 5.74) is -1.16. The Hall–Kier alpha value is -3.42. The lowest BCUT2D eigenvalue weighted by Crippen LogP contribution is -2.54. The van der Waals surface area contributed by atoms with Gasteiger partial charge in [0, 0.05) is 54.4 Å². The summed E-state index contributed by atoms with van der Waals surface area (Å²) in [5, 5.41) is 0.164. The molecule has 218 valence electrons. The van der Waals surface area contributed by atoms with Crippen LogP contribution in [-0.2, 0) is 20.4 Å². The highest BCUT2D eigenvalue weighted by Crippen LogP contribution is 2.50. The quantitative estimate of drug-likeness (QED) is 0.170. The number of carbonyl (C=O) groups is 1. The molecule has 0 aliphatic carbocycles. The first-order valence-electron chi connectivity index (χ1n) is 12.9. The van der Waals surface area contributed by atoms with E-state index < -0.39 is 29.3 Å². The number of aromatic nitrogens is 2. The average Bonchev–Trinajstić information content (AvgIpc) is 2.94. The van der Waals surface area contributed by atoms with Crippen molar-refractivity contribution in [1.29, 1.82) is 0 Å². The molecule has 1 fully saturated rings. The zero-order valence-electron chi connectivity index (χ0n) is 22.4. The number of amides is 1. The van der Waals surface area contributed by atoms with Crippen LogP contribution < -0.4 is 10.6 Å². The topological polar surface area (TPSA) is 76.9 Å². The zero-order chi connectivity index (χ0) is 29.5. The van der Waals surface area contributed by atoms with E-state index in [1.807, 2.05) is 6.92 Å². The van der Waals surface area contributed by atoms with E-state index in [1.165, 1.54) is 41.6 Å². The molecule has 1 amide bonds. The standard InChI is InChI=1S/C28H28F4N4O4S/c1-4-22(37)34-9-10-35(16(2)12-34)26-20-11-21(28(30,31)32)23(17-5-7-18(29)8-6-17)25-24(20)36(27(38)33-26)19(14-41-25)13-40-15-39-3/h4-8,11,16,19H,1,9-10,12-15H2,2-3H3/t16-,19-/m0/s1. The first-order valence-corrected chi connectivity index (χ1v) is 13.9. The van der Waals surface area contributed by atoms with Crippen LogP contribution in [0.2, 0.25) is 0 Å². The number of thioether (sulfide) groups is 1. The summed E-state index contributed by atoms with van der Waals surface area (Å²) >= 11 is 1.19. The molecule has 2 aliphatic rings. The number of alkyl halides is 3. The zero-order valence-corrected chi connectivity index (χ0v) is 23.2. The van der Waals surface area contributed by atoms with E-state index in [-0.39, 0.29) is 78.0 Å². The maximum Gasteiger partial charge on any atom is 0.417 e. The predicted octanol–water partition coefficient (Wildman–Crippen LogP) is 4.71. The van der Waals surface area contributed by atoms with Crippen molar-refractivity contribution in [2.24, 2.45) is 0 Å². The van der Waals surface area contributed by atoms with Gasteiger partial charge in [0.25, 0.3) is 0 Å². The minimum atomic E-state index is -4.76. The average molecular weight is 593 g/mol. The monoisotopic (exact) mass is 592 g/mol. The fourth-order valence-corrected chi connectivity index (χ4v) is 6.75. The van der Waals surface area contributed by atoms with E-state index in [2.05, 4.69) is 11.6 Å². The minimum absolute atomic E-state index is 0.0174. The van der Waals surface area contributed by atoms with Crippen LogP contribution in [0.4, 0.5) is 23.4 Å². The van der Waals surface area contributed by atoms with Crippen LogP contribution in [0.5, 0.6) is 0 Å². The van der Waals surface area contributed by atoms with E-state index in [0.717, 1.165) is 18.2 Å². The van der Waals surface area contributed by atoms with Gasteiger partial charge in [-0.15, -0.1) is 11.8 Å². The van der Waals surface area contributed by atoms with Crippen LogP contribution in [0.25, 0.3) is 22.0 Å². The van der Waals surface area contributed by atoms with Crippen molar-refractivity contribution in [2.75, 3.05) is 50.8 Å². The molecule has 8 nitrogen and oxygen atoms in total. The van der Waals surface area contributed by atoms with Gasteiger partial charge in [-0.25, -0.2) is 9.18 Å². The molecular weight excluding hydrogens is 564 g/mol. The van der Waals surface area contributed by atoms with Crippen LogP contribution in [0.15, 0.2) is 52.7 Å². The van der Waals surface area contributed by atoms with Crippen LogP contribution in [0.1, 0.15) is 18.5 Å². The summed E-state index contributed by atoms with van der Waals surface area (Å²) < 4.78 is 69.7. The van der Waals surface area contributed by atoms with E-state index in [4.69, 9.17) is 9.47 Å². The van der Waals surface area contributed by atoms with Gasteiger partial charge in [-0.3, -0.25) is 9.36 Å². The molecular formula is C28H28F4N4O4S. The highest BCUT2D eigenvalue weighted by molar-refractivity contribution is 7.99. The number of benzene rings is 2. The first-order chi connectivity index (χ1) is 19.5. The van der Waals surface area contributed by atoms with Crippen LogP contribution in [-0.4, -0.2) is 72.3 Å². The van der Waals surface area contributed by atoms with Gasteiger partial charge >= 0.3 is 11.9 Å². The van der Waals surface area contributed by atoms with Gasteiger partial charge in [-0.2, -0.15) is 18.2 Å². The Kier molecular flexibility index (Phi) is 8.13. The Balaban J connectivity index is 1.78. The van der Waals surface area contributed by atoms with Crippen molar-refractivity contribution < 1.29 is 31.8 Å².